The first kappa shape index (κ1) is 15.3. The second kappa shape index (κ2) is 5.86. The maximum atomic E-state index is 5.27. The lowest BCUT2D eigenvalue weighted by Gasteiger charge is -2.34. The van der Waals surface area contributed by atoms with Crippen LogP contribution in [0.4, 0.5) is 5.13 Å². The van der Waals surface area contributed by atoms with Gasteiger partial charge in [0, 0.05) is 30.6 Å². The number of fused-ring (bicyclic) bond motifs is 1. The van der Waals surface area contributed by atoms with Crippen LogP contribution in [0.25, 0.3) is 0 Å². The minimum Gasteiger partial charge on any atom is -0.383 e. The lowest BCUT2D eigenvalue weighted by molar-refractivity contribution is 0.205. The fourth-order valence-electron chi connectivity index (χ4n) is 3.29. The summed E-state index contributed by atoms with van der Waals surface area (Å²) in [7, 11) is 3.84. The lowest BCUT2D eigenvalue weighted by Crippen LogP contribution is -2.31. The van der Waals surface area contributed by atoms with Crippen molar-refractivity contribution in [1.82, 2.24) is 10.3 Å². The van der Waals surface area contributed by atoms with Gasteiger partial charge in [-0.25, -0.2) is 4.98 Å². The molecule has 1 aromatic rings. The van der Waals surface area contributed by atoms with Crippen molar-refractivity contribution >= 4 is 16.5 Å². The van der Waals surface area contributed by atoms with Gasteiger partial charge in [-0.2, -0.15) is 0 Å². The van der Waals surface area contributed by atoms with E-state index in [0.29, 0.717) is 17.5 Å². The summed E-state index contributed by atoms with van der Waals surface area (Å²) >= 11 is 1.89. The Morgan fingerprint density at radius 3 is 2.81 bits per heavy atom. The molecule has 21 heavy (non-hydrogen) atoms. The van der Waals surface area contributed by atoms with Crippen LogP contribution in [0.2, 0.25) is 0 Å². The summed E-state index contributed by atoms with van der Waals surface area (Å²) in [5.41, 5.74) is 1.65. The molecule has 0 radical (unpaired) electrons. The molecule has 1 aromatic heterocycles. The summed E-state index contributed by atoms with van der Waals surface area (Å²) in [6.07, 6.45) is 4.89. The first-order valence-corrected chi connectivity index (χ1v) is 8.78. The maximum Gasteiger partial charge on any atom is 0.186 e. The molecule has 0 saturated heterocycles. The normalized spacial score (nSPS) is 23.9. The topological polar surface area (TPSA) is 37.4 Å². The van der Waals surface area contributed by atoms with Gasteiger partial charge in [0.1, 0.15) is 0 Å². The monoisotopic (exact) mass is 309 g/mol. The van der Waals surface area contributed by atoms with Crippen molar-refractivity contribution in [1.29, 1.82) is 0 Å². The number of anilines is 1. The fraction of sp³-hybridized carbons (Fsp3) is 0.812. The third-order valence-electron chi connectivity index (χ3n) is 4.55. The molecule has 0 aliphatic heterocycles. The number of methoxy groups -OCH3 is 1. The first-order chi connectivity index (χ1) is 10.0. The van der Waals surface area contributed by atoms with E-state index in [2.05, 4.69) is 31.1 Å². The highest BCUT2D eigenvalue weighted by Crippen LogP contribution is 2.45. The molecule has 0 spiro atoms. The van der Waals surface area contributed by atoms with Crippen molar-refractivity contribution in [3.63, 3.8) is 0 Å². The van der Waals surface area contributed by atoms with Crippen molar-refractivity contribution in [3.8, 4) is 0 Å². The molecule has 118 valence electrons. The van der Waals surface area contributed by atoms with E-state index >= 15 is 0 Å². The molecule has 2 aliphatic rings. The highest BCUT2D eigenvalue weighted by molar-refractivity contribution is 7.15. The van der Waals surface area contributed by atoms with Gasteiger partial charge in [-0.3, -0.25) is 0 Å². The molecule has 1 atom stereocenters. The summed E-state index contributed by atoms with van der Waals surface area (Å²) in [6, 6.07) is 1.15. The van der Waals surface area contributed by atoms with Crippen molar-refractivity contribution in [3.05, 3.63) is 10.6 Å². The van der Waals surface area contributed by atoms with Gasteiger partial charge in [0.05, 0.1) is 12.3 Å². The second-order valence-electron chi connectivity index (χ2n) is 7.11. The van der Waals surface area contributed by atoms with Crippen LogP contribution in [0.3, 0.4) is 0 Å². The van der Waals surface area contributed by atoms with E-state index in [-0.39, 0.29) is 0 Å². The second-order valence-corrected chi connectivity index (χ2v) is 8.12. The molecular weight excluding hydrogens is 282 g/mol. The number of rotatable bonds is 6. The van der Waals surface area contributed by atoms with Crippen LogP contribution in [0, 0.1) is 5.41 Å². The number of ether oxygens (including phenoxy) is 1. The van der Waals surface area contributed by atoms with Crippen molar-refractivity contribution in [2.24, 2.45) is 5.41 Å². The Labute approximate surface area is 131 Å². The average molecular weight is 309 g/mol. The molecule has 4 nitrogen and oxygen atoms in total. The van der Waals surface area contributed by atoms with Gasteiger partial charge < -0.3 is 15.0 Å². The van der Waals surface area contributed by atoms with Crippen LogP contribution < -0.4 is 10.2 Å². The highest BCUT2D eigenvalue weighted by atomic mass is 32.1. The zero-order chi connectivity index (χ0) is 15.0. The number of hydrogen-bond acceptors (Lipinski definition) is 5. The molecular formula is C16H27N3OS. The standard InChI is InChI=1S/C16H27N3OS/c1-16(2)9-12(17-3)14-13(10-16)18-15(21-14)19(7-8-20-4)11-5-6-11/h11-12,17H,5-10H2,1-4H3. The van der Waals surface area contributed by atoms with Crippen LogP contribution >= 0.6 is 11.3 Å². The van der Waals surface area contributed by atoms with E-state index in [1.165, 1.54) is 35.0 Å². The predicted octanol–water partition coefficient (Wildman–Crippen LogP) is 2.99. The molecule has 1 N–H and O–H groups in total. The maximum absolute atomic E-state index is 5.27. The van der Waals surface area contributed by atoms with Gasteiger partial charge in [0.15, 0.2) is 5.13 Å². The molecule has 1 fully saturated rings. The SMILES string of the molecule is CNC1CC(C)(C)Cc2nc(N(CCOC)C3CC3)sc21. The fourth-order valence-corrected chi connectivity index (χ4v) is 4.58. The van der Waals surface area contributed by atoms with E-state index in [4.69, 9.17) is 9.72 Å². The minimum atomic E-state index is 0.336. The Hall–Kier alpha value is -0.650. The van der Waals surface area contributed by atoms with E-state index in [9.17, 15) is 0 Å². The Morgan fingerprint density at radius 1 is 1.43 bits per heavy atom. The van der Waals surface area contributed by atoms with Gasteiger partial charge in [-0.1, -0.05) is 25.2 Å². The molecule has 0 aromatic carbocycles. The smallest absolute Gasteiger partial charge is 0.186 e. The number of aromatic nitrogens is 1. The van der Waals surface area contributed by atoms with E-state index in [1.807, 2.05) is 11.3 Å². The summed E-state index contributed by atoms with van der Waals surface area (Å²) in [5, 5.41) is 4.69. The largest absolute Gasteiger partial charge is 0.383 e. The summed E-state index contributed by atoms with van der Waals surface area (Å²) in [5.74, 6) is 0. The number of hydrogen-bond donors (Lipinski definition) is 1. The van der Waals surface area contributed by atoms with Gasteiger partial charge in [-0.15, -0.1) is 0 Å². The molecule has 0 bridgehead atoms. The summed E-state index contributed by atoms with van der Waals surface area (Å²) < 4.78 is 5.27. The van der Waals surface area contributed by atoms with Crippen LogP contribution in [0.15, 0.2) is 0 Å². The van der Waals surface area contributed by atoms with Gasteiger partial charge in [-0.05, 0) is 38.1 Å². The summed E-state index contributed by atoms with van der Waals surface area (Å²) in [6.45, 7) is 6.44. The molecule has 1 heterocycles. The zero-order valence-electron chi connectivity index (χ0n) is 13.6. The lowest BCUT2D eigenvalue weighted by atomic mass is 9.76. The number of nitrogens with zero attached hydrogens (tertiary/aromatic N) is 2. The van der Waals surface area contributed by atoms with Crippen LogP contribution in [0.5, 0.6) is 0 Å². The Bertz CT molecular complexity index is 496. The molecule has 2 aliphatic carbocycles. The van der Waals surface area contributed by atoms with Gasteiger partial charge in [0.25, 0.3) is 0 Å². The Balaban J connectivity index is 1.86. The summed E-state index contributed by atoms with van der Waals surface area (Å²) in [4.78, 5) is 8.93. The number of thiazole rings is 1. The van der Waals surface area contributed by atoms with E-state index in [0.717, 1.165) is 19.6 Å². The first-order valence-electron chi connectivity index (χ1n) is 7.96. The Morgan fingerprint density at radius 2 is 2.19 bits per heavy atom. The molecule has 5 heteroatoms. The third kappa shape index (κ3) is 3.25. The number of nitrogens with one attached hydrogen (secondary N) is 1. The van der Waals surface area contributed by atoms with Crippen LogP contribution in [0.1, 0.15) is 49.7 Å². The van der Waals surface area contributed by atoms with Gasteiger partial charge in [0.2, 0.25) is 0 Å². The van der Waals surface area contributed by atoms with Crippen LogP contribution in [-0.4, -0.2) is 38.3 Å². The van der Waals surface area contributed by atoms with Crippen LogP contribution in [-0.2, 0) is 11.2 Å². The molecule has 1 saturated carbocycles. The van der Waals surface area contributed by atoms with Crippen molar-refractivity contribution < 1.29 is 4.74 Å². The molecule has 0 amide bonds. The minimum absolute atomic E-state index is 0.336. The Kier molecular flexibility index (Phi) is 4.26. The molecule has 3 rings (SSSR count). The molecule has 1 unspecified atom stereocenters. The predicted molar refractivity (Wildman–Crippen MR) is 88.3 cm³/mol. The van der Waals surface area contributed by atoms with Crippen molar-refractivity contribution in [2.75, 3.05) is 32.2 Å². The van der Waals surface area contributed by atoms with Crippen molar-refractivity contribution in [2.45, 2.75) is 51.6 Å². The van der Waals surface area contributed by atoms with E-state index < -0.39 is 0 Å². The van der Waals surface area contributed by atoms with E-state index in [1.54, 1.807) is 7.11 Å². The quantitative estimate of drug-likeness (QED) is 0.876. The average Bonchev–Trinajstić information content (AvgIpc) is 3.18. The van der Waals surface area contributed by atoms with Gasteiger partial charge >= 0.3 is 0 Å². The third-order valence-corrected chi connectivity index (χ3v) is 5.80. The zero-order valence-corrected chi connectivity index (χ0v) is 14.4. The highest BCUT2D eigenvalue weighted by Gasteiger charge is 2.37.